The molecule has 4 N–H and O–H groups in total. The number of rotatable bonds is 10. The van der Waals surface area contributed by atoms with Gasteiger partial charge in [0.15, 0.2) is 5.82 Å². The SMILES string of the molecule is CCCN(CC)Cc1ccc(Nc2nc(-c3cccc(NC(=O)c4ccc(C(C)(C)C)cc4)c3C)cn(C)c2=O)cc1N. The Morgan fingerprint density at radius 1 is 1.05 bits per heavy atom. The van der Waals surface area contributed by atoms with Crippen LogP contribution in [0.2, 0.25) is 0 Å². The van der Waals surface area contributed by atoms with Crippen LogP contribution in [-0.4, -0.2) is 33.4 Å². The van der Waals surface area contributed by atoms with E-state index in [1.807, 2.05) is 67.6 Å². The molecule has 0 saturated carbocycles. The molecule has 43 heavy (non-hydrogen) atoms. The second-order valence-corrected chi connectivity index (χ2v) is 12.1. The highest BCUT2D eigenvalue weighted by Crippen LogP contribution is 2.29. The van der Waals surface area contributed by atoms with Crippen LogP contribution in [0.3, 0.4) is 0 Å². The maximum Gasteiger partial charge on any atom is 0.293 e. The number of nitrogen functional groups attached to an aromatic ring is 1. The van der Waals surface area contributed by atoms with Crippen molar-refractivity contribution in [2.24, 2.45) is 7.05 Å². The largest absolute Gasteiger partial charge is 0.398 e. The summed E-state index contributed by atoms with van der Waals surface area (Å²) in [5, 5.41) is 6.22. The summed E-state index contributed by atoms with van der Waals surface area (Å²) in [4.78, 5) is 33.2. The highest BCUT2D eigenvalue weighted by molar-refractivity contribution is 6.05. The molecule has 4 rings (SSSR count). The highest BCUT2D eigenvalue weighted by Gasteiger charge is 2.17. The summed E-state index contributed by atoms with van der Waals surface area (Å²) < 4.78 is 1.51. The van der Waals surface area contributed by atoms with Crippen LogP contribution < -0.4 is 21.9 Å². The van der Waals surface area contributed by atoms with Crippen LogP contribution in [0, 0.1) is 6.92 Å². The van der Waals surface area contributed by atoms with Gasteiger partial charge in [0.1, 0.15) is 0 Å². The molecular weight excluding hydrogens is 536 g/mol. The van der Waals surface area contributed by atoms with Crippen molar-refractivity contribution >= 4 is 28.8 Å². The Labute approximate surface area is 255 Å². The van der Waals surface area contributed by atoms with Gasteiger partial charge in [-0.2, -0.15) is 0 Å². The van der Waals surface area contributed by atoms with E-state index in [9.17, 15) is 9.59 Å². The molecule has 226 valence electrons. The Balaban J connectivity index is 1.58. The minimum atomic E-state index is -0.257. The van der Waals surface area contributed by atoms with Crippen molar-refractivity contribution in [2.75, 3.05) is 29.5 Å². The van der Waals surface area contributed by atoms with Gasteiger partial charge in [0.25, 0.3) is 11.5 Å². The number of nitrogens with one attached hydrogen (secondary N) is 2. The second-order valence-electron chi connectivity index (χ2n) is 12.1. The maximum atomic E-state index is 13.1. The highest BCUT2D eigenvalue weighted by atomic mass is 16.1. The third kappa shape index (κ3) is 7.51. The molecule has 0 saturated heterocycles. The summed E-state index contributed by atoms with van der Waals surface area (Å²) in [6.07, 6.45) is 2.79. The average molecular weight is 581 g/mol. The third-order valence-corrected chi connectivity index (χ3v) is 7.73. The normalized spacial score (nSPS) is 11.5. The zero-order chi connectivity index (χ0) is 31.3. The maximum absolute atomic E-state index is 13.1. The van der Waals surface area contributed by atoms with Crippen LogP contribution in [0.25, 0.3) is 11.3 Å². The lowest BCUT2D eigenvalue weighted by Gasteiger charge is -2.21. The van der Waals surface area contributed by atoms with Crippen LogP contribution in [0.15, 0.2) is 71.7 Å². The fraction of sp³-hybridized carbons (Fsp3) is 0.343. The Hall–Kier alpha value is -4.43. The number of hydrogen-bond acceptors (Lipinski definition) is 6. The van der Waals surface area contributed by atoms with Crippen LogP contribution in [0.4, 0.5) is 22.9 Å². The molecule has 0 atom stereocenters. The molecule has 1 amide bonds. The topological polar surface area (TPSA) is 105 Å². The standard InChI is InChI=1S/C35H44N6O2/c1-8-19-41(9-2)21-25-15-18-27(20-29(25)36)37-32-34(43)40(7)22-31(38-32)28-11-10-12-30(23(28)3)39-33(42)24-13-16-26(17-14-24)35(4,5)6/h10-18,20,22H,8-9,19,21,36H2,1-7H3,(H,37,38)(H,39,42). The van der Waals surface area contributed by atoms with E-state index in [0.717, 1.165) is 42.7 Å². The lowest BCUT2D eigenvalue weighted by Crippen LogP contribution is -2.24. The molecule has 1 aromatic heterocycles. The average Bonchev–Trinajstić information content (AvgIpc) is 2.97. The zero-order valence-electron chi connectivity index (χ0n) is 26.4. The van der Waals surface area contributed by atoms with Gasteiger partial charge in [-0.3, -0.25) is 14.5 Å². The quantitative estimate of drug-likeness (QED) is 0.177. The number of aryl methyl sites for hydroxylation is 1. The Kier molecular flexibility index (Phi) is 9.71. The second kappa shape index (κ2) is 13.3. The minimum absolute atomic E-state index is 0.0112. The van der Waals surface area contributed by atoms with Gasteiger partial charge in [0.2, 0.25) is 0 Å². The molecule has 8 heteroatoms. The lowest BCUT2D eigenvalue weighted by atomic mass is 9.86. The van der Waals surface area contributed by atoms with Crippen molar-refractivity contribution in [3.8, 4) is 11.3 Å². The van der Waals surface area contributed by atoms with Crippen molar-refractivity contribution < 1.29 is 4.79 Å². The van der Waals surface area contributed by atoms with E-state index >= 15 is 0 Å². The molecule has 0 aliphatic carbocycles. The van der Waals surface area contributed by atoms with Crippen molar-refractivity contribution in [3.05, 3.63) is 99.5 Å². The van der Waals surface area contributed by atoms with Gasteiger partial charge in [-0.05, 0) is 78.9 Å². The molecule has 0 aliphatic rings. The smallest absolute Gasteiger partial charge is 0.293 e. The fourth-order valence-electron chi connectivity index (χ4n) is 5.04. The number of carbonyl (C=O) groups excluding carboxylic acids is 1. The first-order valence-electron chi connectivity index (χ1n) is 14.9. The van der Waals surface area contributed by atoms with Crippen molar-refractivity contribution in [3.63, 3.8) is 0 Å². The predicted molar refractivity (Wildman–Crippen MR) is 178 cm³/mol. The number of carbonyl (C=O) groups is 1. The fourth-order valence-corrected chi connectivity index (χ4v) is 5.04. The molecular formula is C35H44N6O2. The van der Waals surface area contributed by atoms with Crippen LogP contribution in [0.5, 0.6) is 0 Å². The molecule has 8 nitrogen and oxygen atoms in total. The van der Waals surface area contributed by atoms with Gasteiger partial charge >= 0.3 is 0 Å². The molecule has 0 radical (unpaired) electrons. The molecule has 0 bridgehead atoms. The first-order chi connectivity index (χ1) is 20.4. The first kappa shape index (κ1) is 31.5. The Bertz CT molecular complexity index is 1650. The zero-order valence-corrected chi connectivity index (χ0v) is 26.4. The van der Waals surface area contributed by atoms with E-state index < -0.39 is 0 Å². The van der Waals surface area contributed by atoms with Gasteiger partial charge in [-0.25, -0.2) is 4.98 Å². The van der Waals surface area contributed by atoms with Crippen LogP contribution in [-0.2, 0) is 19.0 Å². The van der Waals surface area contributed by atoms with E-state index in [-0.39, 0.29) is 22.7 Å². The monoisotopic (exact) mass is 580 g/mol. The van der Waals surface area contributed by atoms with Crippen LogP contribution >= 0.6 is 0 Å². The van der Waals surface area contributed by atoms with Gasteiger partial charge in [0.05, 0.1) is 5.69 Å². The van der Waals surface area contributed by atoms with Gasteiger partial charge in [-0.15, -0.1) is 0 Å². The lowest BCUT2D eigenvalue weighted by molar-refractivity contribution is 0.102. The van der Waals surface area contributed by atoms with E-state index in [4.69, 9.17) is 10.7 Å². The number of nitrogens with zero attached hydrogens (tertiary/aromatic N) is 3. The molecule has 0 spiro atoms. The molecule has 4 aromatic rings. The summed E-state index contributed by atoms with van der Waals surface area (Å²) in [7, 11) is 1.70. The molecule has 3 aromatic carbocycles. The van der Waals surface area contributed by atoms with Crippen molar-refractivity contribution in [1.82, 2.24) is 14.5 Å². The number of nitrogens with two attached hydrogens (primary N) is 1. The van der Waals surface area contributed by atoms with Crippen LogP contribution in [0.1, 0.15) is 68.1 Å². The third-order valence-electron chi connectivity index (χ3n) is 7.73. The summed E-state index contributed by atoms with van der Waals surface area (Å²) in [6, 6.07) is 19.1. The van der Waals surface area contributed by atoms with E-state index in [1.165, 1.54) is 10.1 Å². The summed E-state index contributed by atoms with van der Waals surface area (Å²) in [5.74, 6) is 0.00960. The number of anilines is 4. The molecule has 0 unspecified atom stereocenters. The van der Waals surface area contributed by atoms with E-state index in [2.05, 4.69) is 50.2 Å². The number of aromatic nitrogens is 2. The van der Waals surface area contributed by atoms with Crippen molar-refractivity contribution in [2.45, 2.75) is 59.9 Å². The number of hydrogen-bond donors (Lipinski definition) is 3. The predicted octanol–water partition coefficient (Wildman–Crippen LogP) is 6.86. The summed E-state index contributed by atoms with van der Waals surface area (Å²) in [5.41, 5.74) is 13.3. The molecule has 0 fully saturated rings. The summed E-state index contributed by atoms with van der Waals surface area (Å²) >= 11 is 0. The Morgan fingerprint density at radius 2 is 1.77 bits per heavy atom. The van der Waals surface area contributed by atoms with Gasteiger partial charge in [0, 0.05) is 48.0 Å². The minimum Gasteiger partial charge on any atom is -0.398 e. The van der Waals surface area contributed by atoms with E-state index in [0.29, 0.717) is 28.3 Å². The molecule has 0 aliphatic heterocycles. The number of benzene rings is 3. The van der Waals surface area contributed by atoms with Gasteiger partial charge < -0.3 is 20.9 Å². The Morgan fingerprint density at radius 3 is 2.40 bits per heavy atom. The number of amides is 1. The summed E-state index contributed by atoms with van der Waals surface area (Å²) in [6.45, 7) is 15.4. The molecule has 1 heterocycles. The first-order valence-corrected chi connectivity index (χ1v) is 14.9. The van der Waals surface area contributed by atoms with Gasteiger partial charge in [-0.1, -0.05) is 65.0 Å². The van der Waals surface area contributed by atoms with E-state index in [1.54, 1.807) is 13.2 Å². The van der Waals surface area contributed by atoms with Crippen molar-refractivity contribution in [1.29, 1.82) is 0 Å².